The quantitative estimate of drug-likeness (QED) is 0.855. The van der Waals surface area contributed by atoms with Crippen LogP contribution >= 0.6 is 11.3 Å². The number of carbonyl (C=O) groups is 2. The number of aliphatic carboxylic acids is 2. The van der Waals surface area contributed by atoms with Gasteiger partial charge in [0.2, 0.25) is 0 Å². The molecule has 0 aliphatic rings. The molecule has 1 aromatic carbocycles. The van der Waals surface area contributed by atoms with Gasteiger partial charge in [-0.15, -0.1) is 11.3 Å². The predicted molar refractivity (Wildman–Crippen MR) is 77.1 cm³/mol. The first kappa shape index (κ1) is 14.5. The maximum absolute atomic E-state index is 10.9. The van der Waals surface area contributed by atoms with Gasteiger partial charge in [-0.1, -0.05) is 18.2 Å². The van der Waals surface area contributed by atoms with Gasteiger partial charge in [-0.3, -0.25) is 14.5 Å². The van der Waals surface area contributed by atoms with Gasteiger partial charge in [0.05, 0.1) is 13.1 Å². The molecule has 0 radical (unpaired) electrons. The lowest BCUT2D eigenvalue weighted by atomic mass is 10.2. The van der Waals surface area contributed by atoms with E-state index < -0.39 is 11.9 Å². The first-order valence-electron chi connectivity index (χ1n) is 6.13. The lowest BCUT2D eigenvalue weighted by molar-refractivity contribution is -0.142. The standard InChI is InChI=1S/C14H15NO4S/c1-9(15(7-13(16)17)8-14(18)19)12-6-10-4-2-3-5-11(10)20-12/h2-6,9H,7-8H2,1H3,(H,16,17)(H,18,19). The molecular weight excluding hydrogens is 278 g/mol. The molecule has 0 saturated heterocycles. The summed E-state index contributed by atoms with van der Waals surface area (Å²) >= 11 is 1.56. The number of benzene rings is 1. The van der Waals surface area contributed by atoms with Crippen molar-refractivity contribution in [3.63, 3.8) is 0 Å². The summed E-state index contributed by atoms with van der Waals surface area (Å²) in [5.41, 5.74) is 0. The van der Waals surface area contributed by atoms with Crippen LogP contribution in [0.3, 0.4) is 0 Å². The third-order valence-electron chi connectivity index (χ3n) is 3.08. The van der Waals surface area contributed by atoms with E-state index in [9.17, 15) is 9.59 Å². The summed E-state index contributed by atoms with van der Waals surface area (Å²) in [6.07, 6.45) is 0. The highest BCUT2D eigenvalue weighted by atomic mass is 32.1. The Hall–Kier alpha value is -1.92. The first-order chi connectivity index (χ1) is 9.47. The highest BCUT2D eigenvalue weighted by molar-refractivity contribution is 7.19. The molecule has 1 heterocycles. The Kier molecular flexibility index (Phi) is 4.36. The molecule has 0 spiro atoms. The van der Waals surface area contributed by atoms with Crippen molar-refractivity contribution in [1.82, 2.24) is 4.90 Å². The second-order valence-corrected chi connectivity index (χ2v) is 5.67. The number of hydrogen-bond donors (Lipinski definition) is 2. The first-order valence-corrected chi connectivity index (χ1v) is 6.95. The molecule has 0 bridgehead atoms. The Bertz CT molecular complexity index is 588. The van der Waals surface area contributed by atoms with Gasteiger partial charge in [0.15, 0.2) is 0 Å². The van der Waals surface area contributed by atoms with Gasteiger partial charge in [-0.05, 0) is 24.4 Å². The van der Waals surface area contributed by atoms with Crippen LogP contribution in [0.5, 0.6) is 0 Å². The second-order valence-electron chi connectivity index (χ2n) is 4.56. The molecule has 1 atom stereocenters. The molecule has 2 rings (SSSR count). The molecule has 2 aromatic rings. The number of carboxylic acid groups (broad SMARTS) is 2. The van der Waals surface area contributed by atoms with Gasteiger partial charge in [0.25, 0.3) is 0 Å². The van der Waals surface area contributed by atoms with Crippen LogP contribution in [0.2, 0.25) is 0 Å². The minimum absolute atomic E-state index is 0.250. The Balaban J connectivity index is 2.27. The van der Waals surface area contributed by atoms with Crippen molar-refractivity contribution in [3.05, 3.63) is 35.2 Å². The fourth-order valence-corrected chi connectivity index (χ4v) is 3.22. The summed E-state index contributed by atoms with van der Waals surface area (Å²) in [6, 6.07) is 9.60. The second kappa shape index (κ2) is 6.02. The SMILES string of the molecule is CC(c1cc2ccccc2s1)N(CC(=O)O)CC(=O)O. The number of nitrogens with zero attached hydrogens (tertiary/aromatic N) is 1. The topological polar surface area (TPSA) is 77.8 Å². The predicted octanol–water partition coefficient (Wildman–Crippen LogP) is 2.43. The Labute approximate surface area is 120 Å². The molecule has 106 valence electrons. The van der Waals surface area contributed by atoms with Crippen LogP contribution < -0.4 is 0 Å². The maximum Gasteiger partial charge on any atom is 0.317 e. The van der Waals surface area contributed by atoms with Crippen molar-refractivity contribution < 1.29 is 19.8 Å². The zero-order chi connectivity index (χ0) is 14.7. The van der Waals surface area contributed by atoms with Crippen LogP contribution in [0, 0.1) is 0 Å². The summed E-state index contributed by atoms with van der Waals surface area (Å²) in [6.45, 7) is 1.25. The van der Waals surface area contributed by atoms with Crippen molar-refractivity contribution in [3.8, 4) is 0 Å². The number of fused-ring (bicyclic) bond motifs is 1. The van der Waals surface area contributed by atoms with Gasteiger partial charge < -0.3 is 10.2 Å². The molecule has 1 unspecified atom stereocenters. The fourth-order valence-electron chi connectivity index (χ4n) is 2.07. The molecule has 0 amide bonds. The van der Waals surface area contributed by atoms with Crippen molar-refractivity contribution in [2.45, 2.75) is 13.0 Å². The number of carboxylic acids is 2. The molecule has 5 nitrogen and oxygen atoms in total. The summed E-state index contributed by atoms with van der Waals surface area (Å²) in [4.78, 5) is 24.1. The zero-order valence-corrected chi connectivity index (χ0v) is 11.8. The molecule has 0 aliphatic heterocycles. The van der Waals surface area contributed by atoms with E-state index >= 15 is 0 Å². The van der Waals surface area contributed by atoms with Gasteiger partial charge >= 0.3 is 11.9 Å². The summed E-state index contributed by atoms with van der Waals surface area (Å²) in [5.74, 6) is -2.06. The zero-order valence-electron chi connectivity index (χ0n) is 10.9. The number of thiophene rings is 1. The molecule has 6 heteroatoms. The van der Waals surface area contributed by atoms with Gasteiger partial charge in [0, 0.05) is 15.6 Å². The lowest BCUT2D eigenvalue weighted by Gasteiger charge is -2.24. The third-order valence-corrected chi connectivity index (χ3v) is 4.37. The van der Waals surface area contributed by atoms with Crippen LogP contribution in [0.15, 0.2) is 30.3 Å². The van der Waals surface area contributed by atoms with Gasteiger partial charge in [0.1, 0.15) is 0 Å². The summed E-state index contributed by atoms with van der Waals surface area (Å²) < 4.78 is 1.11. The smallest absolute Gasteiger partial charge is 0.317 e. The molecule has 20 heavy (non-hydrogen) atoms. The molecule has 0 aliphatic carbocycles. The highest BCUT2D eigenvalue weighted by Gasteiger charge is 2.22. The van der Waals surface area contributed by atoms with E-state index in [4.69, 9.17) is 10.2 Å². The average Bonchev–Trinajstić information content (AvgIpc) is 2.79. The molecule has 1 aromatic heterocycles. The van der Waals surface area contributed by atoms with E-state index in [1.807, 2.05) is 37.3 Å². The van der Waals surface area contributed by atoms with E-state index in [1.165, 1.54) is 4.90 Å². The van der Waals surface area contributed by atoms with E-state index in [-0.39, 0.29) is 19.1 Å². The van der Waals surface area contributed by atoms with Crippen LogP contribution in [0.25, 0.3) is 10.1 Å². The molecule has 2 N–H and O–H groups in total. The molecule has 0 saturated carbocycles. The van der Waals surface area contributed by atoms with Crippen molar-refractivity contribution >= 4 is 33.4 Å². The van der Waals surface area contributed by atoms with Crippen LogP contribution in [0.4, 0.5) is 0 Å². The van der Waals surface area contributed by atoms with Crippen LogP contribution in [-0.4, -0.2) is 40.1 Å². The minimum Gasteiger partial charge on any atom is -0.480 e. The average molecular weight is 293 g/mol. The van der Waals surface area contributed by atoms with Crippen LogP contribution in [-0.2, 0) is 9.59 Å². The third kappa shape index (κ3) is 3.34. The van der Waals surface area contributed by atoms with E-state index in [0.717, 1.165) is 15.0 Å². The largest absolute Gasteiger partial charge is 0.480 e. The fraction of sp³-hybridized carbons (Fsp3) is 0.286. The van der Waals surface area contributed by atoms with Crippen molar-refractivity contribution in [2.75, 3.05) is 13.1 Å². The normalized spacial score (nSPS) is 12.7. The summed E-state index contributed by atoms with van der Waals surface area (Å²) in [5, 5.41) is 18.9. The molecule has 0 fully saturated rings. The Morgan fingerprint density at radius 2 is 1.80 bits per heavy atom. The minimum atomic E-state index is -1.03. The monoisotopic (exact) mass is 293 g/mol. The van der Waals surface area contributed by atoms with Gasteiger partial charge in [-0.2, -0.15) is 0 Å². The summed E-state index contributed by atoms with van der Waals surface area (Å²) in [7, 11) is 0. The highest BCUT2D eigenvalue weighted by Crippen LogP contribution is 2.32. The Morgan fingerprint density at radius 1 is 1.20 bits per heavy atom. The van der Waals surface area contributed by atoms with Gasteiger partial charge in [-0.25, -0.2) is 0 Å². The Morgan fingerprint density at radius 3 is 2.35 bits per heavy atom. The van der Waals surface area contributed by atoms with Crippen molar-refractivity contribution in [1.29, 1.82) is 0 Å². The van der Waals surface area contributed by atoms with E-state index in [1.54, 1.807) is 11.3 Å². The number of hydrogen-bond acceptors (Lipinski definition) is 4. The molecular formula is C14H15NO4S. The van der Waals surface area contributed by atoms with Crippen molar-refractivity contribution in [2.24, 2.45) is 0 Å². The van der Waals surface area contributed by atoms with E-state index in [2.05, 4.69) is 0 Å². The lowest BCUT2D eigenvalue weighted by Crippen LogP contribution is -2.36. The number of rotatable bonds is 6. The maximum atomic E-state index is 10.9. The van der Waals surface area contributed by atoms with Crippen LogP contribution in [0.1, 0.15) is 17.8 Å². The van der Waals surface area contributed by atoms with E-state index in [0.29, 0.717) is 0 Å².